The van der Waals surface area contributed by atoms with Crippen LogP contribution < -0.4 is 9.30 Å². The Balaban J connectivity index is 2.22. The van der Waals surface area contributed by atoms with Crippen LogP contribution in [0.15, 0.2) is 29.2 Å². The van der Waals surface area contributed by atoms with Crippen LogP contribution in [0.2, 0.25) is 0 Å². The highest BCUT2D eigenvalue weighted by molar-refractivity contribution is 5.61. The lowest BCUT2D eigenvalue weighted by Gasteiger charge is -2.14. The SMILES string of the molecule is CCCC(CC)Oc1nonc1-c1ccc[n+](C)c1. The zero-order valence-electron chi connectivity index (χ0n) is 11.7. The molecule has 2 aromatic heterocycles. The molecule has 5 nitrogen and oxygen atoms in total. The van der Waals surface area contributed by atoms with Crippen molar-refractivity contribution in [1.82, 2.24) is 10.3 Å². The predicted molar refractivity (Wildman–Crippen MR) is 70.5 cm³/mol. The standard InChI is InChI=1S/C14H20N3O2/c1-4-7-12(5-2)18-14-13(15-19-16-14)11-8-6-9-17(3)10-11/h6,8-10,12H,4-5,7H2,1-3H3/q+1. The van der Waals surface area contributed by atoms with E-state index < -0.39 is 0 Å². The fourth-order valence-corrected chi connectivity index (χ4v) is 1.99. The molecule has 0 aromatic carbocycles. The van der Waals surface area contributed by atoms with E-state index in [1.54, 1.807) is 0 Å². The average molecular weight is 262 g/mol. The molecule has 0 radical (unpaired) electrons. The summed E-state index contributed by atoms with van der Waals surface area (Å²) in [6, 6.07) is 3.92. The minimum absolute atomic E-state index is 0.160. The first kappa shape index (κ1) is 13.5. The van der Waals surface area contributed by atoms with Gasteiger partial charge in [-0.15, -0.1) is 0 Å². The molecule has 0 fully saturated rings. The van der Waals surface area contributed by atoms with E-state index >= 15 is 0 Å². The van der Waals surface area contributed by atoms with Gasteiger partial charge in [0.1, 0.15) is 13.2 Å². The van der Waals surface area contributed by atoms with E-state index in [0.29, 0.717) is 11.6 Å². The van der Waals surface area contributed by atoms with Crippen molar-refractivity contribution in [1.29, 1.82) is 0 Å². The minimum atomic E-state index is 0.160. The monoisotopic (exact) mass is 262 g/mol. The topological polar surface area (TPSA) is 52.0 Å². The Kier molecular flexibility index (Phi) is 4.49. The third-order valence-corrected chi connectivity index (χ3v) is 3.02. The van der Waals surface area contributed by atoms with E-state index in [1.165, 1.54) is 0 Å². The van der Waals surface area contributed by atoms with Gasteiger partial charge in [-0.3, -0.25) is 0 Å². The second-order valence-corrected chi connectivity index (χ2v) is 4.61. The van der Waals surface area contributed by atoms with E-state index in [2.05, 4.69) is 24.2 Å². The molecule has 1 unspecified atom stereocenters. The molecule has 1 atom stereocenters. The summed E-state index contributed by atoms with van der Waals surface area (Å²) in [6.45, 7) is 4.25. The van der Waals surface area contributed by atoms with Crippen molar-refractivity contribution in [2.24, 2.45) is 7.05 Å². The van der Waals surface area contributed by atoms with Crippen molar-refractivity contribution in [3.8, 4) is 17.1 Å². The number of aryl methyl sites for hydroxylation is 1. The molecule has 102 valence electrons. The summed E-state index contributed by atoms with van der Waals surface area (Å²) in [4.78, 5) is 0. The van der Waals surface area contributed by atoms with Gasteiger partial charge in [0.05, 0.1) is 5.56 Å². The summed E-state index contributed by atoms with van der Waals surface area (Å²) >= 11 is 0. The summed E-state index contributed by atoms with van der Waals surface area (Å²) in [7, 11) is 1.96. The number of pyridine rings is 1. The fraction of sp³-hybridized carbons (Fsp3) is 0.500. The van der Waals surface area contributed by atoms with Crippen molar-refractivity contribution < 1.29 is 13.9 Å². The van der Waals surface area contributed by atoms with Gasteiger partial charge in [-0.2, -0.15) is 0 Å². The van der Waals surface area contributed by atoms with Crippen LogP contribution in [0.4, 0.5) is 0 Å². The van der Waals surface area contributed by atoms with Gasteiger partial charge in [0.2, 0.25) is 0 Å². The lowest BCUT2D eigenvalue weighted by molar-refractivity contribution is -0.671. The summed E-state index contributed by atoms with van der Waals surface area (Å²) in [6.07, 6.45) is 7.12. The van der Waals surface area contributed by atoms with Gasteiger partial charge in [0, 0.05) is 6.07 Å². The highest BCUT2D eigenvalue weighted by atomic mass is 16.6. The average Bonchev–Trinajstić information content (AvgIpc) is 2.86. The smallest absolute Gasteiger partial charge is 0.284 e. The Bertz CT molecular complexity index is 525. The van der Waals surface area contributed by atoms with Crippen LogP contribution in [-0.2, 0) is 7.05 Å². The lowest BCUT2D eigenvalue weighted by Crippen LogP contribution is -2.26. The number of hydrogen-bond donors (Lipinski definition) is 0. The van der Waals surface area contributed by atoms with Crippen LogP contribution in [-0.4, -0.2) is 16.4 Å². The molecular weight excluding hydrogens is 242 g/mol. The Morgan fingerprint density at radius 1 is 1.37 bits per heavy atom. The summed E-state index contributed by atoms with van der Waals surface area (Å²) in [5, 5.41) is 7.83. The molecule has 0 saturated heterocycles. The van der Waals surface area contributed by atoms with Crippen molar-refractivity contribution in [3.63, 3.8) is 0 Å². The maximum Gasteiger partial charge on any atom is 0.284 e. The predicted octanol–water partition coefficient (Wildman–Crippen LogP) is 2.52. The van der Waals surface area contributed by atoms with Crippen molar-refractivity contribution in [2.45, 2.75) is 39.2 Å². The normalized spacial score (nSPS) is 12.4. The Labute approximate surface area is 113 Å². The molecule has 0 bridgehead atoms. The molecular formula is C14H20N3O2+. The van der Waals surface area contributed by atoms with E-state index in [-0.39, 0.29) is 6.10 Å². The van der Waals surface area contributed by atoms with E-state index in [1.807, 2.05) is 36.1 Å². The quantitative estimate of drug-likeness (QED) is 0.751. The van der Waals surface area contributed by atoms with Crippen molar-refractivity contribution >= 4 is 0 Å². The molecule has 5 heteroatoms. The van der Waals surface area contributed by atoms with Gasteiger partial charge in [-0.1, -0.05) is 20.3 Å². The fourth-order valence-electron chi connectivity index (χ4n) is 1.99. The molecule has 0 aliphatic rings. The number of nitrogens with zero attached hydrogens (tertiary/aromatic N) is 3. The molecule has 0 saturated carbocycles. The lowest BCUT2D eigenvalue weighted by atomic mass is 10.1. The van der Waals surface area contributed by atoms with E-state index in [4.69, 9.17) is 9.37 Å². The second-order valence-electron chi connectivity index (χ2n) is 4.61. The number of aromatic nitrogens is 3. The second kappa shape index (κ2) is 6.31. The summed E-state index contributed by atoms with van der Waals surface area (Å²) < 4.78 is 12.7. The van der Waals surface area contributed by atoms with Crippen LogP contribution in [0.1, 0.15) is 33.1 Å². The first-order valence-electron chi connectivity index (χ1n) is 6.69. The van der Waals surface area contributed by atoms with E-state index in [9.17, 15) is 0 Å². The van der Waals surface area contributed by atoms with Crippen LogP contribution in [0, 0.1) is 0 Å². The van der Waals surface area contributed by atoms with Gasteiger partial charge in [0.25, 0.3) is 5.88 Å². The molecule has 2 heterocycles. The van der Waals surface area contributed by atoms with Crippen LogP contribution in [0.25, 0.3) is 11.3 Å². The highest BCUT2D eigenvalue weighted by Crippen LogP contribution is 2.26. The van der Waals surface area contributed by atoms with Gasteiger partial charge in [-0.05, 0) is 29.2 Å². The third kappa shape index (κ3) is 3.30. The van der Waals surface area contributed by atoms with Crippen molar-refractivity contribution in [2.75, 3.05) is 0 Å². The molecule has 0 amide bonds. The molecule has 0 aliphatic heterocycles. The van der Waals surface area contributed by atoms with Gasteiger partial charge >= 0.3 is 0 Å². The zero-order valence-corrected chi connectivity index (χ0v) is 11.7. The zero-order chi connectivity index (χ0) is 13.7. The van der Waals surface area contributed by atoms with Crippen LogP contribution >= 0.6 is 0 Å². The van der Waals surface area contributed by atoms with Crippen molar-refractivity contribution in [3.05, 3.63) is 24.5 Å². The highest BCUT2D eigenvalue weighted by Gasteiger charge is 2.19. The van der Waals surface area contributed by atoms with Crippen LogP contribution in [0.3, 0.4) is 0 Å². The van der Waals surface area contributed by atoms with Gasteiger partial charge < -0.3 is 4.74 Å². The molecule has 2 aromatic rings. The molecule has 0 N–H and O–H groups in total. The number of rotatable bonds is 6. The maximum atomic E-state index is 5.89. The summed E-state index contributed by atoms with van der Waals surface area (Å²) in [5.41, 5.74) is 1.60. The molecule has 2 rings (SSSR count). The molecule has 0 spiro atoms. The molecule has 19 heavy (non-hydrogen) atoms. The summed E-state index contributed by atoms with van der Waals surface area (Å²) in [5.74, 6) is 0.478. The Morgan fingerprint density at radius 2 is 2.21 bits per heavy atom. The first-order valence-corrected chi connectivity index (χ1v) is 6.69. The Morgan fingerprint density at radius 3 is 2.89 bits per heavy atom. The maximum absolute atomic E-state index is 5.89. The van der Waals surface area contributed by atoms with Gasteiger partial charge in [-0.25, -0.2) is 9.20 Å². The van der Waals surface area contributed by atoms with Gasteiger partial charge in [0.15, 0.2) is 18.1 Å². The van der Waals surface area contributed by atoms with E-state index in [0.717, 1.165) is 24.8 Å². The number of ether oxygens (including phenoxy) is 1. The van der Waals surface area contributed by atoms with Crippen LogP contribution in [0.5, 0.6) is 5.88 Å². The number of hydrogen-bond acceptors (Lipinski definition) is 4. The third-order valence-electron chi connectivity index (χ3n) is 3.02. The Hall–Kier alpha value is -1.91. The minimum Gasteiger partial charge on any atom is -0.471 e. The largest absolute Gasteiger partial charge is 0.471 e. The first-order chi connectivity index (χ1) is 9.24. The molecule has 0 aliphatic carbocycles.